The van der Waals surface area contributed by atoms with Crippen LogP contribution in [0.1, 0.15) is 19.4 Å². The topological polar surface area (TPSA) is 32.3 Å². The maximum absolute atomic E-state index is 12.4. The van der Waals surface area contributed by atoms with E-state index in [-0.39, 0.29) is 11.9 Å². The van der Waals surface area contributed by atoms with Crippen molar-refractivity contribution in [3.8, 4) is 0 Å². The molecule has 2 aliphatic heterocycles. The summed E-state index contributed by atoms with van der Waals surface area (Å²) < 4.78 is 0. The molecule has 0 saturated heterocycles. The van der Waals surface area contributed by atoms with Crippen LogP contribution in [0.4, 0.5) is 5.69 Å². The van der Waals surface area contributed by atoms with Crippen molar-refractivity contribution < 1.29 is 4.79 Å². The number of nitrogens with one attached hydrogen (secondary N) is 1. The first-order chi connectivity index (χ1) is 8.18. The summed E-state index contributed by atoms with van der Waals surface area (Å²) >= 11 is 0. The Labute approximate surface area is 101 Å². The van der Waals surface area contributed by atoms with Crippen LogP contribution >= 0.6 is 0 Å². The zero-order valence-electron chi connectivity index (χ0n) is 10.2. The minimum atomic E-state index is 0.141. The molecule has 0 saturated carbocycles. The third kappa shape index (κ3) is 1.46. The van der Waals surface area contributed by atoms with Gasteiger partial charge in [0, 0.05) is 23.5 Å². The first kappa shape index (κ1) is 10.4. The standard InChI is InChI=1S/C14H16N2O/c1-9-10(2)15-8-12-7-11-5-3-4-6-13(11)16(12)14(9)17/h3-6,12,15H,7-8H2,1-2H3. The summed E-state index contributed by atoms with van der Waals surface area (Å²) in [5, 5.41) is 3.35. The van der Waals surface area contributed by atoms with E-state index in [4.69, 9.17) is 0 Å². The highest BCUT2D eigenvalue weighted by Gasteiger charge is 2.35. The Morgan fingerprint density at radius 2 is 2.06 bits per heavy atom. The molecule has 2 heterocycles. The molecular formula is C14H16N2O. The van der Waals surface area contributed by atoms with Gasteiger partial charge in [-0.1, -0.05) is 18.2 Å². The summed E-state index contributed by atoms with van der Waals surface area (Å²) in [5.41, 5.74) is 4.18. The Kier molecular flexibility index (Phi) is 2.21. The molecule has 3 rings (SSSR count). The van der Waals surface area contributed by atoms with Crippen LogP contribution in [-0.4, -0.2) is 18.5 Å². The van der Waals surface area contributed by atoms with Gasteiger partial charge in [0.15, 0.2) is 0 Å². The smallest absolute Gasteiger partial charge is 0.255 e. The molecule has 1 aromatic rings. The second-order valence-corrected chi connectivity index (χ2v) is 4.79. The van der Waals surface area contributed by atoms with Crippen molar-refractivity contribution in [2.24, 2.45) is 0 Å². The number of hydrogen-bond acceptors (Lipinski definition) is 2. The van der Waals surface area contributed by atoms with Gasteiger partial charge in [0.05, 0.1) is 6.04 Å². The van der Waals surface area contributed by atoms with Crippen molar-refractivity contribution in [1.29, 1.82) is 0 Å². The molecule has 88 valence electrons. The van der Waals surface area contributed by atoms with Crippen LogP contribution < -0.4 is 10.2 Å². The summed E-state index contributed by atoms with van der Waals surface area (Å²) in [7, 11) is 0. The van der Waals surface area contributed by atoms with Gasteiger partial charge in [0.1, 0.15) is 0 Å². The molecule has 0 aromatic heterocycles. The Bertz CT molecular complexity index is 519. The summed E-state index contributed by atoms with van der Waals surface area (Å²) in [4.78, 5) is 14.4. The van der Waals surface area contributed by atoms with Gasteiger partial charge in [-0.3, -0.25) is 4.79 Å². The fourth-order valence-corrected chi connectivity index (χ4v) is 2.64. The van der Waals surface area contributed by atoms with Crippen LogP contribution in [-0.2, 0) is 11.2 Å². The number of benzene rings is 1. The van der Waals surface area contributed by atoms with E-state index in [0.29, 0.717) is 0 Å². The Hall–Kier alpha value is -1.77. The van der Waals surface area contributed by atoms with Crippen LogP contribution in [0.2, 0.25) is 0 Å². The van der Waals surface area contributed by atoms with Crippen molar-refractivity contribution in [3.63, 3.8) is 0 Å². The molecule has 1 amide bonds. The normalized spacial score (nSPS) is 23.1. The van der Waals surface area contributed by atoms with Crippen molar-refractivity contribution >= 4 is 11.6 Å². The lowest BCUT2D eigenvalue weighted by Gasteiger charge is -2.23. The van der Waals surface area contributed by atoms with E-state index in [1.165, 1.54) is 5.56 Å². The van der Waals surface area contributed by atoms with Crippen molar-refractivity contribution in [3.05, 3.63) is 41.1 Å². The van der Waals surface area contributed by atoms with Crippen LogP contribution in [0.25, 0.3) is 0 Å². The Morgan fingerprint density at radius 3 is 2.88 bits per heavy atom. The molecule has 0 bridgehead atoms. The maximum atomic E-state index is 12.4. The molecule has 1 atom stereocenters. The highest BCUT2D eigenvalue weighted by molar-refractivity contribution is 6.07. The Balaban J connectivity index is 2.09. The minimum Gasteiger partial charge on any atom is -0.386 e. The number of para-hydroxylation sites is 1. The van der Waals surface area contributed by atoms with E-state index in [2.05, 4.69) is 11.4 Å². The molecule has 0 fully saturated rings. The lowest BCUT2D eigenvalue weighted by Crippen LogP contribution is -2.40. The molecule has 1 unspecified atom stereocenters. The highest BCUT2D eigenvalue weighted by atomic mass is 16.2. The van der Waals surface area contributed by atoms with E-state index >= 15 is 0 Å². The number of carbonyl (C=O) groups is 1. The summed E-state index contributed by atoms with van der Waals surface area (Å²) in [6.45, 7) is 4.71. The predicted octanol–water partition coefficient (Wildman–Crippen LogP) is 1.84. The number of amides is 1. The van der Waals surface area contributed by atoms with Gasteiger partial charge in [-0.15, -0.1) is 0 Å². The van der Waals surface area contributed by atoms with Crippen molar-refractivity contribution in [2.45, 2.75) is 26.3 Å². The molecule has 0 spiro atoms. The van der Waals surface area contributed by atoms with Gasteiger partial charge < -0.3 is 10.2 Å². The molecule has 3 nitrogen and oxygen atoms in total. The van der Waals surface area contributed by atoms with E-state index in [9.17, 15) is 4.79 Å². The molecule has 0 radical (unpaired) electrons. The second-order valence-electron chi connectivity index (χ2n) is 4.79. The van der Waals surface area contributed by atoms with Crippen LogP contribution in [0, 0.1) is 0 Å². The number of hydrogen-bond donors (Lipinski definition) is 1. The monoisotopic (exact) mass is 228 g/mol. The lowest BCUT2D eigenvalue weighted by atomic mass is 10.1. The number of carbonyl (C=O) groups excluding carboxylic acids is 1. The zero-order chi connectivity index (χ0) is 12.0. The lowest BCUT2D eigenvalue weighted by molar-refractivity contribution is -0.115. The molecular weight excluding hydrogens is 212 g/mol. The first-order valence-electron chi connectivity index (χ1n) is 6.01. The summed E-state index contributed by atoms with van der Waals surface area (Å²) in [6.07, 6.45) is 0.954. The molecule has 2 aliphatic rings. The SMILES string of the molecule is CC1=C(C)C(=O)N2c3ccccc3CC2CN1. The van der Waals surface area contributed by atoms with Gasteiger partial charge in [-0.2, -0.15) is 0 Å². The van der Waals surface area contributed by atoms with Crippen LogP contribution in [0.3, 0.4) is 0 Å². The fourth-order valence-electron chi connectivity index (χ4n) is 2.64. The number of rotatable bonds is 0. The number of nitrogens with zero attached hydrogens (tertiary/aromatic N) is 1. The largest absolute Gasteiger partial charge is 0.386 e. The molecule has 3 heteroatoms. The van der Waals surface area contributed by atoms with E-state index < -0.39 is 0 Å². The zero-order valence-corrected chi connectivity index (χ0v) is 10.2. The van der Waals surface area contributed by atoms with Gasteiger partial charge in [-0.25, -0.2) is 0 Å². The van der Waals surface area contributed by atoms with Crippen LogP contribution in [0.15, 0.2) is 35.5 Å². The van der Waals surface area contributed by atoms with Gasteiger partial charge in [0.2, 0.25) is 0 Å². The Morgan fingerprint density at radius 1 is 1.29 bits per heavy atom. The van der Waals surface area contributed by atoms with Gasteiger partial charge in [0.25, 0.3) is 5.91 Å². The van der Waals surface area contributed by atoms with Gasteiger partial charge >= 0.3 is 0 Å². The van der Waals surface area contributed by atoms with E-state index in [1.807, 2.05) is 36.9 Å². The third-order valence-corrected chi connectivity index (χ3v) is 3.78. The summed E-state index contributed by atoms with van der Waals surface area (Å²) in [5.74, 6) is 0.141. The number of allylic oxidation sites excluding steroid dienone is 1. The fraction of sp³-hybridized carbons (Fsp3) is 0.357. The molecule has 1 N–H and O–H groups in total. The van der Waals surface area contributed by atoms with Crippen molar-refractivity contribution in [2.75, 3.05) is 11.4 Å². The second kappa shape index (κ2) is 3.62. The quantitative estimate of drug-likeness (QED) is 0.735. The average molecular weight is 228 g/mol. The summed E-state index contributed by atoms with van der Waals surface area (Å²) in [6, 6.07) is 8.45. The van der Waals surface area contributed by atoms with E-state index in [1.54, 1.807) is 0 Å². The number of fused-ring (bicyclic) bond motifs is 3. The highest BCUT2D eigenvalue weighted by Crippen LogP contribution is 2.34. The minimum absolute atomic E-state index is 0.141. The predicted molar refractivity (Wildman–Crippen MR) is 67.8 cm³/mol. The van der Waals surface area contributed by atoms with Gasteiger partial charge in [-0.05, 0) is 31.9 Å². The molecule has 17 heavy (non-hydrogen) atoms. The molecule has 0 aliphatic carbocycles. The maximum Gasteiger partial charge on any atom is 0.255 e. The molecule has 1 aromatic carbocycles. The average Bonchev–Trinajstić information content (AvgIpc) is 2.67. The first-order valence-corrected chi connectivity index (χ1v) is 6.01. The van der Waals surface area contributed by atoms with Crippen molar-refractivity contribution in [1.82, 2.24) is 5.32 Å². The van der Waals surface area contributed by atoms with Crippen LogP contribution in [0.5, 0.6) is 0 Å². The third-order valence-electron chi connectivity index (χ3n) is 3.78. The number of anilines is 1. The van der Waals surface area contributed by atoms with E-state index in [0.717, 1.165) is 29.9 Å².